The number of hydrogen-bond acceptors (Lipinski definition) is 2. The lowest BCUT2D eigenvalue weighted by atomic mass is 10.0. The molecule has 1 aromatic heterocycles. The maximum Gasteiger partial charge on any atom is 0.315 e. The Kier molecular flexibility index (Phi) is 4.06. The van der Waals surface area contributed by atoms with E-state index in [0.29, 0.717) is 12.5 Å². The summed E-state index contributed by atoms with van der Waals surface area (Å²) in [7, 11) is 0. The van der Waals surface area contributed by atoms with Gasteiger partial charge in [0, 0.05) is 29.9 Å². The summed E-state index contributed by atoms with van der Waals surface area (Å²) in [5.41, 5.74) is 3.28. The fourth-order valence-electron chi connectivity index (χ4n) is 2.72. The molecule has 1 saturated carbocycles. The van der Waals surface area contributed by atoms with Crippen LogP contribution < -0.4 is 10.6 Å². The summed E-state index contributed by atoms with van der Waals surface area (Å²) in [5.74, 6) is 0.486. The third-order valence-corrected chi connectivity index (χ3v) is 4.51. The third-order valence-electron chi connectivity index (χ3n) is 4.51. The second-order valence-corrected chi connectivity index (χ2v) is 6.08. The van der Waals surface area contributed by atoms with Crippen LogP contribution in [0, 0.1) is 19.8 Å². The highest BCUT2D eigenvalue weighted by Gasteiger charge is 2.46. The zero-order valence-corrected chi connectivity index (χ0v) is 13.2. The molecule has 1 heterocycles. The van der Waals surface area contributed by atoms with Crippen LogP contribution in [0.25, 0.3) is 0 Å². The molecule has 1 aromatic rings. The quantitative estimate of drug-likeness (QED) is 0.869. The Balaban J connectivity index is 1.92. The van der Waals surface area contributed by atoms with E-state index in [0.717, 1.165) is 36.3 Å². The average Bonchev–Trinajstić information content (AvgIpc) is 3.11. The van der Waals surface area contributed by atoms with Gasteiger partial charge in [-0.25, -0.2) is 4.79 Å². The lowest BCUT2D eigenvalue weighted by Gasteiger charge is -2.21. The van der Waals surface area contributed by atoms with Crippen LogP contribution in [0.3, 0.4) is 0 Å². The Morgan fingerprint density at radius 2 is 2.05 bits per heavy atom. The molecular weight excluding hydrogens is 252 g/mol. The van der Waals surface area contributed by atoms with Crippen molar-refractivity contribution in [2.45, 2.75) is 66.1 Å². The van der Waals surface area contributed by atoms with E-state index >= 15 is 0 Å². The minimum atomic E-state index is -0.0701. The topological polar surface area (TPSA) is 59.0 Å². The molecule has 112 valence electrons. The number of aromatic nitrogens is 2. The second-order valence-electron chi connectivity index (χ2n) is 6.08. The first-order valence-corrected chi connectivity index (χ1v) is 7.48. The molecule has 2 amide bonds. The van der Waals surface area contributed by atoms with E-state index in [1.165, 1.54) is 0 Å². The smallest absolute Gasteiger partial charge is 0.315 e. The summed E-state index contributed by atoms with van der Waals surface area (Å²) in [4.78, 5) is 12.0. The predicted octanol–water partition coefficient (Wildman–Crippen LogP) is 2.51. The summed E-state index contributed by atoms with van der Waals surface area (Å²) in [6, 6.07) is -0.0701. The lowest BCUT2D eigenvalue weighted by molar-refractivity contribution is 0.230. The number of carbonyl (C=O) groups excluding carboxylic acids is 1. The van der Waals surface area contributed by atoms with Crippen LogP contribution in [0.4, 0.5) is 4.79 Å². The first kappa shape index (κ1) is 14.9. The highest BCUT2D eigenvalue weighted by molar-refractivity contribution is 5.75. The van der Waals surface area contributed by atoms with Crippen molar-refractivity contribution >= 4 is 6.03 Å². The molecule has 0 saturated heterocycles. The third kappa shape index (κ3) is 2.81. The summed E-state index contributed by atoms with van der Waals surface area (Å²) < 4.78 is 1.97. The molecule has 5 nitrogen and oxygen atoms in total. The fourth-order valence-corrected chi connectivity index (χ4v) is 2.72. The van der Waals surface area contributed by atoms with E-state index < -0.39 is 0 Å². The van der Waals surface area contributed by atoms with Crippen molar-refractivity contribution in [2.75, 3.05) is 0 Å². The molecule has 1 aliphatic carbocycles. The van der Waals surface area contributed by atoms with Crippen LogP contribution in [-0.2, 0) is 13.1 Å². The van der Waals surface area contributed by atoms with Gasteiger partial charge in [0.05, 0.1) is 5.69 Å². The molecule has 5 heteroatoms. The molecule has 0 bridgehead atoms. The van der Waals surface area contributed by atoms with Gasteiger partial charge in [0.15, 0.2) is 0 Å². The standard InChI is InChI=1S/C15H26N4O/c1-6-19-12(5)13(11(4)18-19)9-16-14(20)17-15(7-8-15)10(2)3/h10H,6-9H2,1-5H3,(H2,16,17,20). The van der Waals surface area contributed by atoms with Crippen molar-refractivity contribution < 1.29 is 4.79 Å². The summed E-state index contributed by atoms with van der Waals surface area (Å²) in [6.07, 6.45) is 2.17. The lowest BCUT2D eigenvalue weighted by Crippen LogP contribution is -2.46. The van der Waals surface area contributed by atoms with E-state index in [9.17, 15) is 4.79 Å². The summed E-state index contributed by atoms with van der Waals surface area (Å²) >= 11 is 0. The van der Waals surface area contributed by atoms with Gasteiger partial charge < -0.3 is 10.6 Å². The van der Waals surface area contributed by atoms with Crippen LogP contribution in [0.15, 0.2) is 0 Å². The van der Waals surface area contributed by atoms with Gasteiger partial charge in [-0.3, -0.25) is 4.68 Å². The van der Waals surface area contributed by atoms with E-state index in [4.69, 9.17) is 0 Å². The second kappa shape index (κ2) is 5.46. The van der Waals surface area contributed by atoms with Gasteiger partial charge in [-0.1, -0.05) is 13.8 Å². The minimum absolute atomic E-state index is 0.0295. The normalized spacial score (nSPS) is 16.3. The number of aryl methyl sites for hydroxylation is 2. The molecule has 1 aliphatic rings. The van der Waals surface area contributed by atoms with Crippen LogP contribution in [0.1, 0.15) is 50.6 Å². The molecule has 0 unspecified atom stereocenters. The maximum atomic E-state index is 12.0. The van der Waals surface area contributed by atoms with Gasteiger partial charge in [-0.05, 0) is 39.5 Å². The average molecular weight is 278 g/mol. The van der Waals surface area contributed by atoms with Gasteiger partial charge in [-0.15, -0.1) is 0 Å². The maximum absolute atomic E-state index is 12.0. The van der Waals surface area contributed by atoms with Crippen molar-refractivity contribution in [1.82, 2.24) is 20.4 Å². The molecule has 0 aromatic carbocycles. The number of carbonyl (C=O) groups is 1. The number of amides is 2. The van der Waals surface area contributed by atoms with Crippen LogP contribution in [0.2, 0.25) is 0 Å². The van der Waals surface area contributed by atoms with Crippen LogP contribution in [-0.4, -0.2) is 21.4 Å². The first-order chi connectivity index (χ1) is 9.39. The van der Waals surface area contributed by atoms with Crippen LogP contribution >= 0.6 is 0 Å². The van der Waals surface area contributed by atoms with Gasteiger partial charge >= 0.3 is 6.03 Å². The van der Waals surface area contributed by atoms with E-state index in [1.807, 2.05) is 11.6 Å². The fraction of sp³-hybridized carbons (Fsp3) is 0.733. The van der Waals surface area contributed by atoms with E-state index in [-0.39, 0.29) is 11.6 Å². The predicted molar refractivity (Wildman–Crippen MR) is 79.5 cm³/mol. The molecule has 0 atom stereocenters. The molecule has 2 rings (SSSR count). The summed E-state index contributed by atoms with van der Waals surface area (Å²) in [5, 5.41) is 10.6. The monoisotopic (exact) mass is 278 g/mol. The number of nitrogens with one attached hydrogen (secondary N) is 2. The SMILES string of the molecule is CCn1nc(C)c(CNC(=O)NC2(C(C)C)CC2)c1C. The Morgan fingerprint density at radius 1 is 1.40 bits per heavy atom. The van der Waals surface area contributed by atoms with Crippen molar-refractivity contribution in [1.29, 1.82) is 0 Å². The van der Waals surface area contributed by atoms with Gasteiger partial charge in [0.25, 0.3) is 0 Å². The molecule has 1 fully saturated rings. The highest BCUT2D eigenvalue weighted by Crippen LogP contribution is 2.41. The van der Waals surface area contributed by atoms with Crippen molar-refractivity contribution in [3.05, 3.63) is 17.0 Å². The van der Waals surface area contributed by atoms with Gasteiger partial charge in [0.2, 0.25) is 0 Å². The number of urea groups is 1. The number of rotatable bonds is 5. The molecule has 0 spiro atoms. The van der Waals surface area contributed by atoms with Gasteiger partial charge in [0.1, 0.15) is 0 Å². The zero-order chi connectivity index (χ0) is 14.9. The largest absolute Gasteiger partial charge is 0.334 e. The summed E-state index contributed by atoms with van der Waals surface area (Å²) in [6.45, 7) is 11.8. The Hall–Kier alpha value is -1.52. The first-order valence-electron chi connectivity index (χ1n) is 7.48. The van der Waals surface area contributed by atoms with Crippen molar-refractivity contribution in [3.63, 3.8) is 0 Å². The Labute approximate surface area is 121 Å². The number of hydrogen-bond donors (Lipinski definition) is 2. The van der Waals surface area contributed by atoms with E-state index in [2.05, 4.69) is 43.4 Å². The zero-order valence-electron chi connectivity index (χ0n) is 13.2. The highest BCUT2D eigenvalue weighted by atomic mass is 16.2. The van der Waals surface area contributed by atoms with E-state index in [1.54, 1.807) is 0 Å². The molecule has 0 radical (unpaired) electrons. The molecule has 20 heavy (non-hydrogen) atoms. The van der Waals surface area contributed by atoms with Gasteiger partial charge in [-0.2, -0.15) is 5.10 Å². The van der Waals surface area contributed by atoms with Crippen molar-refractivity contribution in [3.8, 4) is 0 Å². The Morgan fingerprint density at radius 3 is 2.50 bits per heavy atom. The Bertz CT molecular complexity index is 500. The molecular formula is C15H26N4O. The minimum Gasteiger partial charge on any atom is -0.334 e. The van der Waals surface area contributed by atoms with Crippen molar-refractivity contribution in [2.24, 2.45) is 5.92 Å². The number of nitrogens with zero attached hydrogens (tertiary/aromatic N) is 2. The van der Waals surface area contributed by atoms with Crippen LogP contribution in [0.5, 0.6) is 0 Å². The molecule has 2 N–H and O–H groups in total. The molecule has 0 aliphatic heterocycles.